The Morgan fingerprint density at radius 3 is 2.45 bits per heavy atom. The molecule has 2 heterocycles. The summed E-state index contributed by atoms with van der Waals surface area (Å²) in [6, 6.07) is 0. The lowest BCUT2D eigenvalue weighted by Crippen LogP contribution is -2.42. The van der Waals surface area contributed by atoms with Crippen LogP contribution in [0.2, 0.25) is 0 Å². The van der Waals surface area contributed by atoms with Gasteiger partial charge in [0.15, 0.2) is 12.4 Å². The van der Waals surface area contributed by atoms with Crippen molar-refractivity contribution in [2.45, 2.75) is 90.3 Å². The van der Waals surface area contributed by atoms with Crippen LogP contribution in [-0.2, 0) is 28.7 Å². The van der Waals surface area contributed by atoms with E-state index in [9.17, 15) is 19.2 Å². The van der Waals surface area contributed by atoms with Crippen molar-refractivity contribution in [3.63, 3.8) is 0 Å². The maximum Gasteiger partial charge on any atom is 0.303 e. The third-order valence-corrected chi connectivity index (χ3v) is 6.46. The minimum atomic E-state index is -0.456. The number of hydrogen-bond donors (Lipinski definition) is 2. The molecule has 2 saturated heterocycles. The molecule has 33 heavy (non-hydrogen) atoms. The minimum absolute atomic E-state index is 0.0276. The van der Waals surface area contributed by atoms with E-state index in [1.54, 1.807) is 0 Å². The third-order valence-electron chi connectivity index (χ3n) is 6.46. The summed E-state index contributed by atoms with van der Waals surface area (Å²) in [5.41, 5.74) is 0. The number of ether oxygens (including phenoxy) is 2. The molecule has 0 aromatic heterocycles. The first-order chi connectivity index (χ1) is 15.9. The minimum Gasteiger partial charge on any atom is -0.457 e. The lowest BCUT2D eigenvalue weighted by molar-refractivity contribution is -0.144. The van der Waals surface area contributed by atoms with Crippen LogP contribution < -0.4 is 10.6 Å². The molecule has 2 N–H and O–H groups in total. The van der Waals surface area contributed by atoms with Gasteiger partial charge < -0.3 is 20.1 Å². The van der Waals surface area contributed by atoms with Gasteiger partial charge in [-0.25, -0.2) is 0 Å². The largest absolute Gasteiger partial charge is 0.457 e. The van der Waals surface area contributed by atoms with Gasteiger partial charge in [0.25, 0.3) is 0 Å². The number of allylic oxidation sites excluding steroid dienone is 1. The Morgan fingerprint density at radius 2 is 1.73 bits per heavy atom. The van der Waals surface area contributed by atoms with E-state index < -0.39 is 5.97 Å². The Morgan fingerprint density at radius 1 is 0.970 bits per heavy atom. The number of nitrogens with one attached hydrogen (secondary N) is 2. The first kappa shape index (κ1) is 27.0. The Kier molecular flexibility index (Phi) is 12.1. The molecule has 0 radical (unpaired) electrons. The molecule has 0 aromatic carbocycles. The van der Waals surface area contributed by atoms with Gasteiger partial charge in [-0.15, -0.1) is 0 Å². The molecule has 2 amide bonds. The number of esters is 1. The molecule has 186 valence electrons. The second-order valence-electron chi connectivity index (χ2n) is 9.09. The molecule has 8 heteroatoms. The molecule has 0 aliphatic carbocycles. The molecule has 2 fully saturated rings. The third kappa shape index (κ3) is 10.1. The van der Waals surface area contributed by atoms with Crippen molar-refractivity contribution in [2.24, 2.45) is 11.8 Å². The van der Waals surface area contributed by atoms with Crippen LogP contribution in [0.5, 0.6) is 0 Å². The molecule has 2 bridgehead atoms. The number of fused-ring (bicyclic) bond motifs is 2. The van der Waals surface area contributed by atoms with Gasteiger partial charge in [-0.1, -0.05) is 32.3 Å². The fourth-order valence-corrected chi connectivity index (χ4v) is 4.73. The van der Waals surface area contributed by atoms with Crippen LogP contribution in [0.15, 0.2) is 12.2 Å². The maximum absolute atomic E-state index is 12.2. The number of amides is 2. The zero-order valence-corrected chi connectivity index (χ0v) is 20.1. The van der Waals surface area contributed by atoms with E-state index in [0.29, 0.717) is 24.8 Å². The number of unbranched alkanes of at least 4 members (excludes halogenated alkanes) is 4. The zero-order chi connectivity index (χ0) is 24.1. The Bertz CT molecular complexity index is 692. The topological polar surface area (TPSA) is 111 Å². The second kappa shape index (κ2) is 14.8. The average Bonchev–Trinajstić information content (AvgIpc) is 3.39. The van der Waals surface area contributed by atoms with Crippen molar-refractivity contribution < 1.29 is 28.7 Å². The zero-order valence-electron chi connectivity index (χ0n) is 20.1. The fourth-order valence-electron chi connectivity index (χ4n) is 4.73. The lowest BCUT2D eigenvalue weighted by Gasteiger charge is -2.28. The predicted molar refractivity (Wildman–Crippen MR) is 124 cm³/mol. The molecule has 2 aliphatic rings. The van der Waals surface area contributed by atoms with Crippen molar-refractivity contribution >= 4 is 23.6 Å². The molecule has 0 spiro atoms. The van der Waals surface area contributed by atoms with E-state index in [2.05, 4.69) is 22.3 Å². The highest BCUT2D eigenvalue weighted by Crippen LogP contribution is 2.45. The number of hydrogen-bond acceptors (Lipinski definition) is 6. The van der Waals surface area contributed by atoms with Crippen LogP contribution >= 0.6 is 0 Å². The van der Waals surface area contributed by atoms with E-state index in [1.165, 1.54) is 13.0 Å². The van der Waals surface area contributed by atoms with Gasteiger partial charge in [0.05, 0.1) is 18.8 Å². The SMILES string of the molecule is CCCCCC(=O)NCC(=O)NC[C@H]1[C@@H](CCCCC=CC(=O)COC(C)=O)[C@H]2CC[C@@H]1O2. The van der Waals surface area contributed by atoms with Crippen molar-refractivity contribution in [1.82, 2.24) is 10.6 Å². The molecule has 0 aromatic rings. The normalized spacial score (nSPS) is 23.6. The maximum atomic E-state index is 12.2. The van der Waals surface area contributed by atoms with Gasteiger partial charge in [0.1, 0.15) is 0 Å². The van der Waals surface area contributed by atoms with Gasteiger partial charge in [-0.3, -0.25) is 19.2 Å². The molecule has 0 saturated carbocycles. The summed E-state index contributed by atoms with van der Waals surface area (Å²) in [6.45, 7) is 3.78. The smallest absolute Gasteiger partial charge is 0.303 e. The molecule has 8 nitrogen and oxygen atoms in total. The molecular weight excluding hydrogens is 424 g/mol. The number of ketones is 1. The molecule has 0 unspecified atom stereocenters. The summed E-state index contributed by atoms with van der Waals surface area (Å²) >= 11 is 0. The van der Waals surface area contributed by atoms with Crippen molar-refractivity contribution in [3.05, 3.63) is 12.2 Å². The van der Waals surface area contributed by atoms with E-state index in [1.807, 2.05) is 6.08 Å². The monoisotopic (exact) mass is 464 g/mol. The fraction of sp³-hybridized carbons (Fsp3) is 0.760. The van der Waals surface area contributed by atoms with Gasteiger partial charge >= 0.3 is 5.97 Å². The molecule has 2 rings (SSSR count). The highest BCUT2D eigenvalue weighted by atomic mass is 16.5. The lowest BCUT2D eigenvalue weighted by atomic mass is 9.76. The summed E-state index contributed by atoms with van der Waals surface area (Å²) in [6.07, 6.45) is 13.2. The highest BCUT2D eigenvalue weighted by molar-refractivity contribution is 5.91. The van der Waals surface area contributed by atoms with E-state index in [4.69, 9.17) is 4.74 Å². The first-order valence-corrected chi connectivity index (χ1v) is 12.4. The summed E-state index contributed by atoms with van der Waals surface area (Å²) < 4.78 is 10.8. The Balaban J connectivity index is 1.63. The highest BCUT2D eigenvalue weighted by Gasteiger charge is 2.48. The Hall–Kier alpha value is -2.22. The first-order valence-electron chi connectivity index (χ1n) is 12.4. The quantitative estimate of drug-likeness (QED) is 0.206. The van der Waals surface area contributed by atoms with Gasteiger partial charge in [-0.05, 0) is 50.5 Å². The van der Waals surface area contributed by atoms with Crippen molar-refractivity contribution in [3.8, 4) is 0 Å². The second-order valence-corrected chi connectivity index (χ2v) is 9.09. The number of carbonyl (C=O) groups excluding carboxylic acids is 4. The van der Waals surface area contributed by atoms with E-state index in [-0.39, 0.29) is 43.0 Å². The van der Waals surface area contributed by atoms with Crippen LogP contribution in [0, 0.1) is 11.8 Å². The van der Waals surface area contributed by atoms with Crippen LogP contribution in [-0.4, -0.2) is 55.5 Å². The molecule has 4 atom stereocenters. The summed E-state index contributed by atoms with van der Waals surface area (Å²) in [4.78, 5) is 46.2. The average molecular weight is 465 g/mol. The van der Waals surface area contributed by atoms with Crippen LogP contribution in [0.3, 0.4) is 0 Å². The standard InChI is InChI=1S/C25H40N2O6/c1-3-4-7-12-24(30)27-16-25(31)26-15-21-20(22-13-14-23(21)33-22)11-9-6-5-8-10-19(29)17-32-18(2)28/h8,10,20-23H,3-7,9,11-17H2,1-2H3,(H,26,31)(H,27,30)/t20-,21+,22-,23+/m1/s1. The van der Waals surface area contributed by atoms with Gasteiger partial charge in [0, 0.05) is 25.8 Å². The number of rotatable bonds is 16. The predicted octanol–water partition coefficient (Wildman–Crippen LogP) is 2.84. The van der Waals surface area contributed by atoms with E-state index >= 15 is 0 Å². The van der Waals surface area contributed by atoms with E-state index in [0.717, 1.165) is 57.8 Å². The molecule has 2 aliphatic heterocycles. The van der Waals surface area contributed by atoms with Crippen molar-refractivity contribution in [1.29, 1.82) is 0 Å². The summed E-state index contributed by atoms with van der Waals surface area (Å²) in [5, 5.41) is 5.69. The van der Waals surface area contributed by atoms with Crippen LogP contribution in [0.4, 0.5) is 0 Å². The van der Waals surface area contributed by atoms with Gasteiger partial charge in [0.2, 0.25) is 11.8 Å². The molecular formula is C25H40N2O6. The van der Waals surface area contributed by atoms with Crippen LogP contribution in [0.25, 0.3) is 0 Å². The Labute approximate surface area is 197 Å². The summed E-state index contributed by atoms with van der Waals surface area (Å²) in [5.74, 6) is -0.135. The van der Waals surface area contributed by atoms with Crippen molar-refractivity contribution in [2.75, 3.05) is 19.7 Å². The van der Waals surface area contributed by atoms with Gasteiger partial charge in [-0.2, -0.15) is 0 Å². The number of carbonyl (C=O) groups is 4. The summed E-state index contributed by atoms with van der Waals surface area (Å²) in [7, 11) is 0. The van der Waals surface area contributed by atoms with Crippen LogP contribution in [0.1, 0.15) is 78.1 Å².